The van der Waals surface area contributed by atoms with E-state index in [1.165, 1.54) is 26.2 Å². The molecule has 1 aromatic rings. The number of anilines is 3. The molecule has 0 atom stereocenters. The van der Waals surface area contributed by atoms with Gasteiger partial charge in [-0.05, 0) is 19.3 Å². The maximum Gasteiger partial charge on any atom is 0.221 e. The largest absolute Gasteiger partial charge is 0.369 e. The zero-order valence-corrected chi connectivity index (χ0v) is 11.4. The molecule has 0 bridgehead atoms. The summed E-state index contributed by atoms with van der Waals surface area (Å²) >= 11 is 0. The molecule has 2 aliphatic heterocycles. The molecule has 1 fully saturated rings. The summed E-state index contributed by atoms with van der Waals surface area (Å²) in [7, 11) is 0. The van der Waals surface area contributed by atoms with Crippen molar-refractivity contribution in [1.82, 2.24) is 4.98 Å². The van der Waals surface area contributed by atoms with Gasteiger partial charge in [0, 0.05) is 32.0 Å². The van der Waals surface area contributed by atoms with Gasteiger partial charge in [0.05, 0.1) is 23.1 Å². The average Bonchev–Trinajstić information content (AvgIpc) is 2.47. The predicted octanol–water partition coefficient (Wildman–Crippen LogP) is 2.05. The van der Waals surface area contributed by atoms with Gasteiger partial charge in [0.25, 0.3) is 0 Å². The monoisotopic (exact) mass is 271 g/mol. The first-order chi connectivity index (χ1) is 9.75. The third-order valence-electron chi connectivity index (χ3n) is 3.51. The third kappa shape index (κ3) is 2.38. The number of fused-ring (bicyclic) bond motifs is 1. The van der Waals surface area contributed by atoms with E-state index in [-0.39, 0.29) is 5.91 Å². The number of nitrogens with zero attached hydrogens (tertiary/aromatic N) is 3. The van der Waals surface area contributed by atoms with E-state index in [1.807, 2.05) is 6.08 Å². The molecule has 6 nitrogen and oxygen atoms in total. The van der Waals surface area contributed by atoms with E-state index >= 15 is 0 Å². The third-order valence-corrected chi connectivity index (χ3v) is 3.51. The maximum atomic E-state index is 11.4. The predicted molar refractivity (Wildman–Crippen MR) is 80.1 cm³/mol. The van der Waals surface area contributed by atoms with Crippen LogP contribution in [0.4, 0.5) is 17.2 Å². The number of nitrogens with one attached hydrogen (secondary N) is 2. The van der Waals surface area contributed by atoms with Crippen molar-refractivity contribution in [3.8, 4) is 0 Å². The molecule has 0 aliphatic carbocycles. The molecule has 2 N–H and O–H groups in total. The molecule has 1 saturated heterocycles. The number of hydrogen-bond donors (Lipinski definition) is 2. The van der Waals surface area contributed by atoms with Crippen molar-refractivity contribution in [3.05, 3.63) is 11.8 Å². The fraction of sp³-hybridized carbons (Fsp3) is 0.429. The summed E-state index contributed by atoms with van der Waals surface area (Å²) in [6, 6.07) is 0. The van der Waals surface area contributed by atoms with Crippen LogP contribution in [0.5, 0.6) is 0 Å². The van der Waals surface area contributed by atoms with Gasteiger partial charge in [0.1, 0.15) is 0 Å². The summed E-state index contributed by atoms with van der Waals surface area (Å²) in [6.07, 6.45) is 7.10. The molecule has 0 radical (unpaired) electrons. The van der Waals surface area contributed by atoms with Gasteiger partial charge < -0.3 is 10.2 Å². The number of aromatic nitrogens is 1. The molecule has 0 aromatic carbocycles. The van der Waals surface area contributed by atoms with E-state index < -0.39 is 0 Å². The van der Waals surface area contributed by atoms with E-state index in [9.17, 15) is 4.79 Å². The minimum absolute atomic E-state index is 0.0913. The molecule has 0 unspecified atom stereocenters. The first-order valence-electron chi connectivity index (χ1n) is 6.86. The van der Waals surface area contributed by atoms with Crippen LogP contribution in [0.1, 0.15) is 31.7 Å². The van der Waals surface area contributed by atoms with Crippen LogP contribution in [-0.2, 0) is 4.79 Å². The molecular weight excluding hydrogens is 254 g/mol. The molecule has 1 aromatic heterocycles. The molecule has 2 aliphatic rings. The highest BCUT2D eigenvalue weighted by molar-refractivity contribution is 5.99. The second-order valence-electron chi connectivity index (χ2n) is 5.01. The molecule has 20 heavy (non-hydrogen) atoms. The van der Waals surface area contributed by atoms with Gasteiger partial charge in [-0.2, -0.15) is 0 Å². The number of hydrazone groups is 1. The van der Waals surface area contributed by atoms with Gasteiger partial charge in [-0.1, -0.05) is 0 Å². The maximum absolute atomic E-state index is 11.4. The van der Waals surface area contributed by atoms with Crippen molar-refractivity contribution in [2.24, 2.45) is 5.10 Å². The van der Waals surface area contributed by atoms with Gasteiger partial charge in [0.2, 0.25) is 5.91 Å². The van der Waals surface area contributed by atoms with Gasteiger partial charge in [-0.15, -0.1) is 5.10 Å². The van der Waals surface area contributed by atoms with E-state index in [0.717, 1.165) is 30.0 Å². The fourth-order valence-corrected chi connectivity index (χ4v) is 2.66. The van der Waals surface area contributed by atoms with Crippen LogP contribution in [0.25, 0.3) is 6.08 Å². The number of rotatable bonds is 2. The van der Waals surface area contributed by atoms with Crippen LogP contribution in [0.2, 0.25) is 0 Å². The first kappa shape index (κ1) is 12.7. The van der Waals surface area contributed by atoms with E-state index in [4.69, 9.17) is 0 Å². The van der Waals surface area contributed by atoms with Crippen molar-refractivity contribution >= 4 is 35.0 Å². The smallest absolute Gasteiger partial charge is 0.221 e. The number of hydrogen-bond acceptors (Lipinski definition) is 5. The van der Waals surface area contributed by atoms with Crippen LogP contribution in [-0.4, -0.2) is 29.9 Å². The van der Waals surface area contributed by atoms with Gasteiger partial charge in [-0.3, -0.25) is 10.2 Å². The molecule has 6 heteroatoms. The number of carbonyl (C=O) groups is 1. The molecule has 3 heterocycles. The Labute approximate surface area is 117 Å². The van der Waals surface area contributed by atoms with Crippen LogP contribution >= 0.6 is 0 Å². The van der Waals surface area contributed by atoms with Crippen LogP contribution in [0, 0.1) is 0 Å². The van der Waals surface area contributed by atoms with Crippen LogP contribution in [0.3, 0.4) is 0 Å². The van der Waals surface area contributed by atoms with Crippen molar-refractivity contribution < 1.29 is 4.79 Å². The highest BCUT2D eigenvalue weighted by Gasteiger charge is 2.22. The Kier molecular flexibility index (Phi) is 3.39. The molecule has 3 rings (SSSR count). The second-order valence-corrected chi connectivity index (χ2v) is 5.01. The Balaban J connectivity index is 2.08. The minimum Gasteiger partial charge on any atom is -0.369 e. The van der Waals surface area contributed by atoms with Crippen LogP contribution in [0.15, 0.2) is 11.3 Å². The van der Waals surface area contributed by atoms with Gasteiger partial charge >= 0.3 is 0 Å². The summed E-state index contributed by atoms with van der Waals surface area (Å²) in [4.78, 5) is 18.0. The van der Waals surface area contributed by atoms with Crippen molar-refractivity contribution in [2.75, 3.05) is 28.7 Å². The van der Waals surface area contributed by atoms with E-state index in [1.54, 1.807) is 6.20 Å². The van der Waals surface area contributed by atoms with Crippen molar-refractivity contribution in [2.45, 2.75) is 26.2 Å². The lowest BCUT2D eigenvalue weighted by atomic mass is 10.1. The molecule has 104 valence electrons. The average molecular weight is 271 g/mol. The summed E-state index contributed by atoms with van der Waals surface area (Å²) < 4.78 is 0. The SMILES string of the molecule is CC(=O)Nc1cnc2c(c1N1CCCCC1)C=C=NN2. The molecule has 0 spiro atoms. The van der Waals surface area contributed by atoms with E-state index in [2.05, 4.69) is 31.6 Å². The topological polar surface area (TPSA) is 69.6 Å². The summed E-state index contributed by atoms with van der Waals surface area (Å²) in [5.74, 6) is 3.43. The lowest BCUT2D eigenvalue weighted by molar-refractivity contribution is -0.114. The Morgan fingerprint density at radius 2 is 2.20 bits per heavy atom. The van der Waals surface area contributed by atoms with Crippen LogP contribution < -0.4 is 15.6 Å². The van der Waals surface area contributed by atoms with Crippen molar-refractivity contribution in [3.63, 3.8) is 0 Å². The summed E-state index contributed by atoms with van der Waals surface area (Å²) in [5.41, 5.74) is 5.56. The number of pyridine rings is 1. The minimum atomic E-state index is -0.0913. The van der Waals surface area contributed by atoms with Gasteiger partial charge in [0.15, 0.2) is 5.82 Å². The Hall–Kier alpha value is -2.33. The Morgan fingerprint density at radius 1 is 1.40 bits per heavy atom. The fourth-order valence-electron chi connectivity index (χ4n) is 2.66. The molecule has 1 amide bonds. The summed E-state index contributed by atoms with van der Waals surface area (Å²) in [5, 5.41) is 6.74. The number of amides is 1. The highest BCUT2D eigenvalue weighted by atomic mass is 16.1. The normalized spacial score (nSPS) is 16.6. The zero-order valence-electron chi connectivity index (χ0n) is 11.4. The first-order valence-corrected chi connectivity index (χ1v) is 6.86. The summed E-state index contributed by atoms with van der Waals surface area (Å²) in [6.45, 7) is 3.50. The Bertz CT molecular complexity index is 598. The molecular formula is C14H17N5O. The van der Waals surface area contributed by atoms with Gasteiger partial charge in [-0.25, -0.2) is 4.98 Å². The lowest BCUT2D eigenvalue weighted by Crippen LogP contribution is -2.31. The standard InChI is InChI=1S/C14H17N5O/c1-10(20)17-12-9-15-14-11(5-6-16-18-14)13(12)19-7-3-2-4-8-19/h5,9H,2-4,7-8H2,1H3,(H,15,18)(H,17,20). The zero-order chi connectivity index (χ0) is 13.9. The quantitative estimate of drug-likeness (QED) is 0.863. The Morgan fingerprint density at radius 3 is 2.95 bits per heavy atom. The van der Waals surface area contributed by atoms with E-state index in [0.29, 0.717) is 5.82 Å². The second kappa shape index (κ2) is 5.35. The van der Waals surface area contributed by atoms with Crippen molar-refractivity contribution in [1.29, 1.82) is 0 Å². The molecule has 0 saturated carbocycles. The number of piperidine rings is 1. The lowest BCUT2D eigenvalue weighted by Gasteiger charge is -2.32. The highest BCUT2D eigenvalue weighted by Crippen LogP contribution is 2.36. The number of carbonyl (C=O) groups excluding carboxylic acids is 1.